The molecule has 28 heavy (non-hydrogen) atoms. The van der Waals surface area contributed by atoms with E-state index in [1.165, 1.54) is 0 Å². The van der Waals surface area contributed by atoms with Crippen molar-refractivity contribution >= 4 is 11.9 Å². The molecule has 2 aromatic rings. The molecule has 2 aliphatic rings. The molecule has 1 saturated heterocycles. The average molecular weight is 383 g/mol. The minimum atomic E-state index is -0.160. The zero-order chi connectivity index (χ0) is 19.3. The van der Waals surface area contributed by atoms with Crippen LogP contribution in [0.2, 0.25) is 0 Å². The summed E-state index contributed by atoms with van der Waals surface area (Å²) in [6.45, 7) is 5.20. The number of nitrogens with one attached hydrogen (secondary N) is 1. The summed E-state index contributed by atoms with van der Waals surface area (Å²) in [7, 11) is 0. The van der Waals surface area contributed by atoms with Crippen LogP contribution < -0.4 is 15.0 Å². The minimum Gasteiger partial charge on any atom is -0.477 e. The molecular weight excluding hydrogens is 358 g/mol. The second-order valence-electron chi connectivity index (χ2n) is 6.99. The van der Waals surface area contributed by atoms with Crippen molar-refractivity contribution < 1.29 is 14.3 Å². The number of pyridine rings is 1. The van der Waals surface area contributed by atoms with Crippen molar-refractivity contribution in [3.05, 3.63) is 41.3 Å². The fourth-order valence-electron chi connectivity index (χ4n) is 3.63. The van der Waals surface area contributed by atoms with E-state index in [1.807, 2.05) is 13.1 Å². The maximum atomic E-state index is 12.7. The maximum absolute atomic E-state index is 12.7. The lowest BCUT2D eigenvalue weighted by Crippen LogP contribution is -2.48. The lowest BCUT2D eigenvalue weighted by molar-refractivity contribution is 0.0928. The molecule has 8 heteroatoms. The molecule has 0 spiro atoms. The van der Waals surface area contributed by atoms with Crippen LogP contribution in [0.1, 0.15) is 41.4 Å². The predicted molar refractivity (Wildman–Crippen MR) is 103 cm³/mol. The number of aromatic nitrogens is 3. The smallest absolute Gasteiger partial charge is 0.257 e. The van der Waals surface area contributed by atoms with Gasteiger partial charge < -0.3 is 19.7 Å². The summed E-state index contributed by atoms with van der Waals surface area (Å²) in [6.07, 6.45) is 6.21. The number of piperidine rings is 1. The number of amides is 1. The zero-order valence-corrected chi connectivity index (χ0v) is 16.1. The highest BCUT2D eigenvalue weighted by Crippen LogP contribution is 2.21. The molecule has 148 valence electrons. The van der Waals surface area contributed by atoms with Crippen molar-refractivity contribution in [1.82, 2.24) is 20.3 Å². The zero-order valence-electron chi connectivity index (χ0n) is 16.1. The van der Waals surface area contributed by atoms with Crippen molar-refractivity contribution in [2.45, 2.75) is 38.8 Å². The van der Waals surface area contributed by atoms with Crippen molar-refractivity contribution in [2.75, 3.05) is 31.2 Å². The van der Waals surface area contributed by atoms with Crippen molar-refractivity contribution in [1.29, 1.82) is 0 Å². The largest absolute Gasteiger partial charge is 0.477 e. The molecule has 1 N–H and O–H groups in total. The average Bonchev–Trinajstić information content (AvgIpc) is 2.74. The van der Waals surface area contributed by atoms with Crippen LogP contribution in [0.5, 0.6) is 5.88 Å². The second kappa shape index (κ2) is 8.52. The quantitative estimate of drug-likeness (QED) is 0.841. The van der Waals surface area contributed by atoms with Gasteiger partial charge in [0.2, 0.25) is 11.8 Å². The Morgan fingerprint density at radius 2 is 2.36 bits per heavy atom. The third kappa shape index (κ3) is 4.06. The van der Waals surface area contributed by atoms with Crippen LogP contribution in [0.4, 0.5) is 5.95 Å². The van der Waals surface area contributed by atoms with Crippen LogP contribution in [0.25, 0.3) is 0 Å². The van der Waals surface area contributed by atoms with Gasteiger partial charge in [0.1, 0.15) is 5.56 Å². The summed E-state index contributed by atoms with van der Waals surface area (Å²) in [6, 6.07) is 3.51. The van der Waals surface area contributed by atoms with E-state index in [4.69, 9.17) is 14.5 Å². The number of anilines is 1. The lowest BCUT2D eigenvalue weighted by Gasteiger charge is -2.33. The molecule has 2 aliphatic heterocycles. The summed E-state index contributed by atoms with van der Waals surface area (Å²) in [5.74, 6) is 0.943. The van der Waals surface area contributed by atoms with E-state index in [0.29, 0.717) is 37.8 Å². The van der Waals surface area contributed by atoms with Crippen molar-refractivity contribution in [3.63, 3.8) is 0 Å². The molecule has 1 fully saturated rings. The first-order chi connectivity index (χ1) is 13.7. The molecule has 1 amide bonds. The van der Waals surface area contributed by atoms with Crippen molar-refractivity contribution in [2.24, 2.45) is 0 Å². The van der Waals surface area contributed by atoms with Crippen LogP contribution >= 0.6 is 0 Å². The Hall–Kier alpha value is -2.74. The van der Waals surface area contributed by atoms with Gasteiger partial charge in [-0.1, -0.05) is 0 Å². The number of nitrogens with zero attached hydrogens (tertiary/aromatic N) is 4. The Kier molecular flexibility index (Phi) is 5.66. The van der Waals surface area contributed by atoms with Crippen LogP contribution in [0.3, 0.4) is 0 Å². The highest BCUT2D eigenvalue weighted by Gasteiger charge is 2.25. The van der Waals surface area contributed by atoms with Gasteiger partial charge in [-0.25, -0.2) is 15.0 Å². The van der Waals surface area contributed by atoms with Crippen LogP contribution in [0, 0.1) is 0 Å². The van der Waals surface area contributed by atoms with E-state index in [0.717, 1.165) is 43.0 Å². The Bertz CT molecular complexity index is 844. The molecule has 1 atom stereocenters. The van der Waals surface area contributed by atoms with E-state index in [1.54, 1.807) is 18.3 Å². The van der Waals surface area contributed by atoms with Gasteiger partial charge in [-0.2, -0.15) is 0 Å². The number of hydrogen-bond acceptors (Lipinski definition) is 7. The Labute approximate surface area is 164 Å². The third-order valence-electron chi connectivity index (χ3n) is 5.02. The third-order valence-corrected chi connectivity index (χ3v) is 5.02. The first kappa shape index (κ1) is 18.6. The molecule has 0 aromatic carbocycles. The molecule has 0 unspecified atom stereocenters. The lowest BCUT2D eigenvalue weighted by atomic mass is 10.1. The predicted octanol–water partition coefficient (Wildman–Crippen LogP) is 1.74. The first-order valence-electron chi connectivity index (χ1n) is 9.80. The van der Waals surface area contributed by atoms with E-state index < -0.39 is 0 Å². The molecule has 4 heterocycles. The summed E-state index contributed by atoms with van der Waals surface area (Å²) in [5.41, 5.74) is 2.60. The summed E-state index contributed by atoms with van der Waals surface area (Å²) >= 11 is 0. The van der Waals surface area contributed by atoms with E-state index in [2.05, 4.69) is 20.2 Å². The standard InChI is InChI=1S/C20H25N5O3/c1-2-28-19-16(6-3-8-21-19)18(26)23-15-5-4-9-25(12-15)20-22-11-14-13-27-10-7-17(14)24-20/h3,6,8,11,15H,2,4-5,7,9-10,12-13H2,1H3,(H,23,26)/t15-/m0/s1. The topological polar surface area (TPSA) is 89.5 Å². The summed E-state index contributed by atoms with van der Waals surface area (Å²) in [4.78, 5) is 28.3. The van der Waals surface area contributed by atoms with Crippen LogP contribution in [-0.4, -0.2) is 53.2 Å². The number of hydrogen-bond donors (Lipinski definition) is 1. The van der Waals surface area contributed by atoms with E-state index in [-0.39, 0.29) is 11.9 Å². The van der Waals surface area contributed by atoms with Crippen LogP contribution in [-0.2, 0) is 17.8 Å². The number of rotatable bonds is 5. The second-order valence-corrected chi connectivity index (χ2v) is 6.99. The Balaban J connectivity index is 1.44. The highest BCUT2D eigenvalue weighted by atomic mass is 16.5. The molecular formula is C20H25N5O3. The molecule has 0 bridgehead atoms. The van der Waals surface area contributed by atoms with Crippen molar-refractivity contribution in [3.8, 4) is 5.88 Å². The molecule has 2 aromatic heterocycles. The highest BCUT2D eigenvalue weighted by molar-refractivity contribution is 5.96. The molecule has 0 aliphatic carbocycles. The molecule has 4 rings (SSSR count). The molecule has 0 saturated carbocycles. The van der Waals surface area contributed by atoms with Gasteiger partial charge in [0.25, 0.3) is 5.91 Å². The van der Waals surface area contributed by atoms with Gasteiger partial charge >= 0.3 is 0 Å². The first-order valence-corrected chi connectivity index (χ1v) is 9.80. The summed E-state index contributed by atoms with van der Waals surface area (Å²) in [5, 5.41) is 3.12. The van der Waals surface area contributed by atoms with Gasteiger partial charge in [-0.15, -0.1) is 0 Å². The molecule has 0 radical (unpaired) electrons. The monoisotopic (exact) mass is 383 g/mol. The van der Waals surface area contributed by atoms with Crippen LogP contribution in [0.15, 0.2) is 24.5 Å². The fraction of sp³-hybridized carbons (Fsp3) is 0.500. The van der Waals surface area contributed by atoms with Gasteiger partial charge in [-0.05, 0) is 31.9 Å². The number of carbonyl (C=O) groups excluding carboxylic acids is 1. The van der Waals surface area contributed by atoms with E-state index in [9.17, 15) is 4.79 Å². The van der Waals surface area contributed by atoms with Gasteiger partial charge in [0.05, 0.1) is 25.5 Å². The van der Waals surface area contributed by atoms with Gasteiger partial charge in [0, 0.05) is 43.5 Å². The molecule has 8 nitrogen and oxygen atoms in total. The Morgan fingerprint density at radius 3 is 3.25 bits per heavy atom. The van der Waals surface area contributed by atoms with Gasteiger partial charge in [0.15, 0.2) is 0 Å². The minimum absolute atomic E-state index is 0.0268. The SMILES string of the molecule is CCOc1ncccc1C(=O)N[C@H]1CCCN(c2ncc3c(n2)CCOC3)C1. The fourth-order valence-corrected chi connectivity index (χ4v) is 3.63. The normalized spacial score (nSPS) is 19.0. The van der Waals surface area contributed by atoms with Gasteiger partial charge in [-0.3, -0.25) is 4.79 Å². The summed E-state index contributed by atoms with van der Waals surface area (Å²) < 4.78 is 10.9. The Morgan fingerprint density at radius 1 is 1.43 bits per heavy atom. The maximum Gasteiger partial charge on any atom is 0.257 e. The number of fused-ring (bicyclic) bond motifs is 1. The number of ether oxygens (including phenoxy) is 2. The number of carbonyl (C=O) groups is 1. The van der Waals surface area contributed by atoms with E-state index >= 15 is 0 Å².